The molecule has 4 N–H and O–H groups in total. The second-order valence-corrected chi connectivity index (χ2v) is 4.59. The standard InChI is InChI=1S/C12H14N4O2/c13-8-2-9-10(15-6-14-9)3-11(8)16-4-7(5-17)1-12(16)18/h2-3,6-7,17H,1,4-5,13H2,(H,14,15). The molecule has 1 saturated heterocycles. The fraction of sp³-hybridized carbons (Fsp3) is 0.333. The van der Waals surface area contributed by atoms with Gasteiger partial charge < -0.3 is 20.7 Å². The topological polar surface area (TPSA) is 95.2 Å². The largest absolute Gasteiger partial charge is 0.397 e. The second kappa shape index (κ2) is 3.99. The molecular weight excluding hydrogens is 232 g/mol. The highest BCUT2D eigenvalue weighted by Gasteiger charge is 2.31. The molecule has 2 heterocycles. The first kappa shape index (κ1) is 11.0. The summed E-state index contributed by atoms with van der Waals surface area (Å²) in [4.78, 5) is 20.7. The van der Waals surface area contributed by atoms with Crippen LogP contribution in [0.25, 0.3) is 11.0 Å². The van der Waals surface area contributed by atoms with Gasteiger partial charge >= 0.3 is 0 Å². The number of carbonyl (C=O) groups is 1. The number of nitrogens with one attached hydrogen (secondary N) is 1. The number of nitrogen functional groups attached to an aromatic ring is 1. The van der Waals surface area contributed by atoms with Crippen molar-refractivity contribution in [1.82, 2.24) is 9.97 Å². The van der Waals surface area contributed by atoms with Gasteiger partial charge in [-0.15, -0.1) is 0 Å². The molecule has 0 radical (unpaired) electrons. The fourth-order valence-electron chi connectivity index (χ4n) is 2.36. The number of aromatic nitrogens is 2. The van der Waals surface area contributed by atoms with Crippen LogP contribution < -0.4 is 10.6 Å². The van der Waals surface area contributed by atoms with Gasteiger partial charge in [0.1, 0.15) is 0 Å². The van der Waals surface area contributed by atoms with Crippen LogP contribution in [0.15, 0.2) is 18.5 Å². The lowest BCUT2D eigenvalue weighted by molar-refractivity contribution is -0.117. The minimum absolute atomic E-state index is 0.00404. The number of rotatable bonds is 2. The summed E-state index contributed by atoms with van der Waals surface area (Å²) in [6.07, 6.45) is 1.96. The van der Waals surface area contributed by atoms with Gasteiger partial charge in [-0.25, -0.2) is 4.98 Å². The molecule has 18 heavy (non-hydrogen) atoms. The Kier molecular flexibility index (Phi) is 2.45. The normalized spacial score (nSPS) is 19.9. The smallest absolute Gasteiger partial charge is 0.227 e. The maximum Gasteiger partial charge on any atom is 0.227 e. The number of anilines is 2. The molecule has 0 spiro atoms. The number of carbonyl (C=O) groups excluding carboxylic acids is 1. The number of amides is 1. The molecule has 2 aromatic rings. The molecule has 1 atom stereocenters. The maximum atomic E-state index is 11.9. The number of hydrogen-bond acceptors (Lipinski definition) is 4. The maximum absolute atomic E-state index is 11.9. The van der Waals surface area contributed by atoms with Crippen molar-refractivity contribution in [3.05, 3.63) is 18.5 Å². The van der Waals surface area contributed by atoms with Gasteiger partial charge in [0.25, 0.3) is 0 Å². The minimum Gasteiger partial charge on any atom is -0.397 e. The monoisotopic (exact) mass is 246 g/mol. The van der Waals surface area contributed by atoms with Crippen LogP contribution >= 0.6 is 0 Å². The number of aliphatic hydroxyl groups excluding tert-OH is 1. The van der Waals surface area contributed by atoms with Crippen LogP contribution in [0.1, 0.15) is 6.42 Å². The molecule has 1 aliphatic rings. The average molecular weight is 246 g/mol. The van der Waals surface area contributed by atoms with E-state index in [2.05, 4.69) is 9.97 Å². The molecule has 0 aliphatic carbocycles. The van der Waals surface area contributed by atoms with E-state index in [0.717, 1.165) is 11.0 Å². The second-order valence-electron chi connectivity index (χ2n) is 4.59. The van der Waals surface area contributed by atoms with Crippen molar-refractivity contribution in [3.8, 4) is 0 Å². The molecule has 6 heteroatoms. The third kappa shape index (κ3) is 1.62. The van der Waals surface area contributed by atoms with Crippen LogP contribution in [0.5, 0.6) is 0 Å². The third-order valence-corrected chi connectivity index (χ3v) is 3.32. The zero-order valence-corrected chi connectivity index (χ0v) is 9.76. The first-order valence-corrected chi connectivity index (χ1v) is 5.83. The van der Waals surface area contributed by atoms with Gasteiger partial charge in [-0.3, -0.25) is 4.79 Å². The molecule has 94 valence electrons. The van der Waals surface area contributed by atoms with Crippen molar-refractivity contribution in [2.45, 2.75) is 6.42 Å². The number of hydrogen-bond donors (Lipinski definition) is 3. The SMILES string of the molecule is Nc1cc2[nH]cnc2cc1N1CC(CO)CC1=O. The predicted octanol–water partition coefficient (Wildman–Crippen LogP) is 0.490. The van der Waals surface area contributed by atoms with Crippen molar-refractivity contribution in [1.29, 1.82) is 0 Å². The number of aromatic amines is 1. The molecule has 0 bridgehead atoms. The molecule has 1 aromatic carbocycles. The van der Waals surface area contributed by atoms with Crippen molar-refractivity contribution >= 4 is 28.3 Å². The van der Waals surface area contributed by atoms with Crippen LogP contribution in [0.4, 0.5) is 11.4 Å². The van der Waals surface area contributed by atoms with E-state index < -0.39 is 0 Å². The summed E-state index contributed by atoms with van der Waals surface area (Å²) in [5, 5.41) is 9.13. The lowest BCUT2D eigenvalue weighted by atomic mass is 10.1. The molecule has 1 aliphatic heterocycles. The summed E-state index contributed by atoms with van der Waals surface area (Å²) in [5.41, 5.74) is 8.81. The zero-order valence-electron chi connectivity index (χ0n) is 9.76. The molecule has 1 aromatic heterocycles. The van der Waals surface area contributed by atoms with E-state index in [1.54, 1.807) is 23.4 Å². The van der Waals surface area contributed by atoms with E-state index in [1.165, 1.54) is 0 Å². The van der Waals surface area contributed by atoms with E-state index in [9.17, 15) is 4.79 Å². The number of benzene rings is 1. The molecular formula is C12H14N4O2. The Morgan fingerprint density at radius 3 is 3.11 bits per heavy atom. The Hall–Kier alpha value is -2.08. The van der Waals surface area contributed by atoms with Gasteiger partial charge in [-0.2, -0.15) is 0 Å². The van der Waals surface area contributed by atoms with Gasteiger partial charge in [0.05, 0.1) is 28.7 Å². The summed E-state index contributed by atoms with van der Waals surface area (Å²) in [7, 11) is 0. The lowest BCUT2D eigenvalue weighted by Crippen LogP contribution is -2.25. The van der Waals surface area contributed by atoms with Gasteiger partial charge in [-0.1, -0.05) is 0 Å². The highest BCUT2D eigenvalue weighted by atomic mass is 16.3. The predicted molar refractivity (Wildman–Crippen MR) is 68.1 cm³/mol. The number of H-pyrrole nitrogens is 1. The van der Waals surface area contributed by atoms with Gasteiger partial charge in [0.2, 0.25) is 5.91 Å². The lowest BCUT2D eigenvalue weighted by Gasteiger charge is -2.18. The van der Waals surface area contributed by atoms with Crippen LogP contribution in [0, 0.1) is 5.92 Å². The zero-order chi connectivity index (χ0) is 12.7. The molecule has 1 amide bonds. The van der Waals surface area contributed by atoms with Crippen molar-refractivity contribution in [2.75, 3.05) is 23.8 Å². The summed E-state index contributed by atoms with van der Waals surface area (Å²) in [6.45, 7) is 0.530. The third-order valence-electron chi connectivity index (χ3n) is 3.32. The Labute approximate surface area is 103 Å². The number of nitrogens with two attached hydrogens (primary N) is 1. The Morgan fingerprint density at radius 1 is 1.56 bits per heavy atom. The molecule has 1 fully saturated rings. The quantitative estimate of drug-likeness (QED) is 0.672. The van der Waals surface area contributed by atoms with Crippen LogP contribution in [-0.2, 0) is 4.79 Å². The Bertz CT molecular complexity index is 607. The Balaban J connectivity index is 2.03. The summed E-state index contributed by atoms with van der Waals surface area (Å²) in [6, 6.07) is 3.58. The highest BCUT2D eigenvalue weighted by Crippen LogP contribution is 2.32. The van der Waals surface area contributed by atoms with E-state index in [0.29, 0.717) is 24.3 Å². The Morgan fingerprint density at radius 2 is 2.39 bits per heavy atom. The van der Waals surface area contributed by atoms with Crippen LogP contribution in [-0.4, -0.2) is 34.1 Å². The molecule has 0 saturated carbocycles. The minimum atomic E-state index is -0.00761. The van der Waals surface area contributed by atoms with Crippen molar-refractivity contribution in [3.63, 3.8) is 0 Å². The van der Waals surface area contributed by atoms with Crippen molar-refractivity contribution < 1.29 is 9.90 Å². The molecule has 1 unspecified atom stereocenters. The first-order chi connectivity index (χ1) is 8.69. The first-order valence-electron chi connectivity index (χ1n) is 5.83. The summed E-state index contributed by atoms with van der Waals surface area (Å²) < 4.78 is 0. The van der Waals surface area contributed by atoms with Gasteiger partial charge in [0.15, 0.2) is 0 Å². The van der Waals surface area contributed by atoms with Gasteiger partial charge in [-0.05, 0) is 12.1 Å². The van der Waals surface area contributed by atoms with E-state index in [-0.39, 0.29) is 18.4 Å². The number of imidazole rings is 1. The van der Waals surface area contributed by atoms with E-state index in [4.69, 9.17) is 10.8 Å². The molecule has 3 rings (SSSR count). The number of fused-ring (bicyclic) bond motifs is 1. The fourth-order valence-corrected chi connectivity index (χ4v) is 2.36. The van der Waals surface area contributed by atoms with Crippen molar-refractivity contribution in [2.24, 2.45) is 5.92 Å². The number of aliphatic hydroxyl groups is 1. The number of nitrogens with zero attached hydrogens (tertiary/aromatic N) is 2. The summed E-state index contributed by atoms with van der Waals surface area (Å²) >= 11 is 0. The average Bonchev–Trinajstić information content (AvgIpc) is 2.93. The van der Waals surface area contributed by atoms with Crippen LogP contribution in [0.3, 0.4) is 0 Å². The van der Waals surface area contributed by atoms with E-state index >= 15 is 0 Å². The molecule has 6 nitrogen and oxygen atoms in total. The van der Waals surface area contributed by atoms with Crippen LogP contribution in [0.2, 0.25) is 0 Å². The summed E-state index contributed by atoms with van der Waals surface area (Å²) in [5.74, 6) is -0.0117. The highest BCUT2D eigenvalue weighted by molar-refractivity contribution is 6.01. The van der Waals surface area contributed by atoms with Gasteiger partial charge in [0, 0.05) is 25.5 Å². The van der Waals surface area contributed by atoms with E-state index in [1.807, 2.05) is 0 Å².